The van der Waals surface area contributed by atoms with Crippen LogP contribution in [-0.4, -0.2) is 74.7 Å². The maximum atomic E-state index is 13.4. The number of aromatic carboxylic acids is 2. The SMILES string of the molecule is CCC1(CC)C(=O)N(CC(=O)Nc2ccccc2C(=O)O)C(=O)N(CC(=O)Nc2ccccc2C(=O)O)C1=O. The van der Waals surface area contributed by atoms with E-state index >= 15 is 0 Å². The Morgan fingerprint density at radius 2 is 1.05 bits per heavy atom. The summed E-state index contributed by atoms with van der Waals surface area (Å²) in [5.41, 5.74) is -2.28. The fourth-order valence-electron chi connectivity index (χ4n) is 4.29. The Balaban J connectivity index is 1.87. The van der Waals surface area contributed by atoms with Gasteiger partial charge in [0.1, 0.15) is 18.5 Å². The van der Waals surface area contributed by atoms with Crippen molar-refractivity contribution in [2.75, 3.05) is 23.7 Å². The molecule has 0 saturated carbocycles. The van der Waals surface area contributed by atoms with E-state index < -0.39 is 60.1 Å². The number of carbonyl (C=O) groups excluding carboxylic acids is 5. The number of para-hydroxylation sites is 2. The predicted octanol–water partition coefficient (Wildman–Crippen LogP) is 2.26. The largest absolute Gasteiger partial charge is 0.478 e. The summed E-state index contributed by atoms with van der Waals surface area (Å²) in [5, 5.41) is 23.4. The molecule has 39 heavy (non-hydrogen) atoms. The Kier molecular flexibility index (Phi) is 8.44. The Labute approximate surface area is 222 Å². The van der Waals surface area contributed by atoms with Crippen LogP contribution in [0, 0.1) is 5.41 Å². The molecule has 1 aliphatic rings. The molecule has 1 saturated heterocycles. The zero-order valence-corrected chi connectivity index (χ0v) is 21.1. The van der Waals surface area contributed by atoms with Gasteiger partial charge in [-0.25, -0.2) is 14.4 Å². The van der Waals surface area contributed by atoms with Crippen molar-refractivity contribution in [2.45, 2.75) is 26.7 Å². The first kappa shape index (κ1) is 28.5. The molecule has 0 atom stereocenters. The summed E-state index contributed by atoms with van der Waals surface area (Å²) >= 11 is 0. The van der Waals surface area contributed by atoms with Crippen LogP contribution in [0.4, 0.5) is 16.2 Å². The number of nitrogens with zero attached hydrogens (tertiary/aromatic N) is 2. The highest BCUT2D eigenvalue weighted by Crippen LogP contribution is 2.36. The van der Waals surface area contributed by atoms with Gasteiger partial charge in [-0.05, 0) is 37.1 Å². The molecule has 1 fully saturated rings. The van der Waals surface area contributed by atoms with Crippen molar-refractivity contribution in [3.63, 3.8) is 0 Å². The lowest BCUT2D eigenvalue weighted by Gasteiger charge is -2.42. The highest BCUT2D eigenvalue weighted by Gasteiger charge is 2.55. The fraction of sp³-hybridized carbons (Fsp3) is 0.269. The van der Waals surface area contributed by atoms with E-state index in [0.717, 1.165) is 0 Å². The number of carboxylic acids is 2. The van der Waals surface area contributed by atoms with Crippen LogP contribution in [0.25, 0.3) is 0 Å². The normalized spacial score (nSPS) is 14.7. The Morgan fingerprint density at radius 1 is 0.692 bits per heavy atom. The molecule has 204 valence electrons. The molecule has 3 rings (SSSR count). The molecule has 0 spiro atoms. The Bertz CT molecular complexity index is 1270. The van der Waals surface area contributed by atoms with Crippen molar-refractivity contribution in [1.82, 2.24) is 9.80 Å². The highest BCUT2D eigenvalue weighted by molar-refractivity contribution is 6.21. The lowest BCUT2D eigenvalue weighted by molar-refractivity contribution is -0.161. The third-order valence-electron chi connectivity index (χ3n) is 6.44. The van der Waals surface area contributed by atoms with Gasteiger partial charge in [-0.1, -0.05) is 38.1 Å². The molecule has 6 amide bonds. The molecule has 2 aromatic rings. The van der Waals surface area contributed by atoms with E-state index in [0.29, 0.717) is 9.80 Å². The predicted molar refractivity (Wildman–Crippen MR) is 136 cm³/mol. The number of hydrogen-bond donors (Lipinski definition) is 4. The first-order valence-electron chi connectivity index (χ1n) is 11.9. The van der Waals surface area contributed by atoms with E-state index in [1.807, 2.05) is 0 Å². The average Bonchev–Trinajstić information content (AvgIpc) is 2.90. The maximum Gasteiger partial charge on any atom is 0.337 e. The lowest BCUT2D eigenvalue weighted by atomic mass is 9.78. The van der Waals surface area contributed by atoms with Gasteiger partial charge in [-0.15, -0.1) is 0 Å². The van der Waals surface area contributed by atoms with Crippen LogP contribution in [0.2, 0.25) is 0 Å². The summed E-state index contributed by atoms with van der Waals surface area (Å²) in [5.74, 6) is -6.26. The molecular formula is C26H26N4O9. The molecule has 0 unspecified atom stereocenters. The minimum atomic E-state index is -1.73. The van der Waals surface area contributed by atoms with Gasteiger partial charge in [-0.2, -0.15) is 0 Å². The first-order valence-corrected chi connectivity index (χ1v) is 11.9. The Morgan fingerprint density at radius 3 is 1.38 bits per heavy atom. The molecule has 0 aliphatic carbocycles. The van der Waals surface area contributed by atoms with Crippen molar-refractivity contribution in [1.29, 1.82) is 0 Å². The lowest BCUT2D eigenvalue weighted by Crippen LogP contribution is -2.66. The number of urea groups is 1. The molecule has 4 N–H and O–H groups in total. The third-order valence-corrected chi connectivity index (χ3v) is 6.44. The number of amides is 6. The minimum absolute atomic E-state index is 0.0334. The number of benzene rings is 2. The minimum Gasteiger partial charge on any atom is -0.478 e. The topological polar surface area (TPSA) is 190 Å². The second-order valence-corrected chi connectivity index (χ2v) is 8.65. The molecular weight excluding hydrogens is 512 g/mol. The van der Waals surface area contributed by atoms with Gasteiger partial charge in [0.25, 0.3) is 0 Å². The number of hydrogen-bond acceptors (Lipinski definition) is 7. The summed E-state index contributed by atoms with van der Waals surface area (Å²) < 4.78 is 0. The average molecular weight is 539 g/mol. The number of barbiturate groups is 1. The summed E-state index contributed by atoms with van der Waals surface area (Å²) in [6.45, 7) is 1.41. The highest BCUT2D eigenvalue weighted by atomic mass is 16.4. The summed E-state index contributed by atoms with van der Waals surface area (Å²) in [7, 11) is 0. The number of anilines is 2. The van der Waals surface area contributed by atoms with Crippen LogP contribution in [0.5, 0.6) is 0 Å². The monoisotopic (exact) mass is 538 g/mol. The van der Waals surface area contributed by atoms with Crippen LogP contribution in [0.3, 0.4) is 0 Å². The summed E-state index contributed by atoms with van der Waals surface area (Å²) in [6, 6.07) is 9.85. The van der Waals surface area contributed by atoms with Crippen molar-refractivity contribution in [3.05, 3.63) is 59.7 Å². The van der Waals surface area contributed by atoms with Crippen LogP contribution >= 0.6 is 0 Å². The second kappa shape index (κ2) is 11.5. The van der Waals surface area contributed by atoms with Gasteiger partial charge < -0.3 is 20.8 Å². The molecule has 13 heteroatoms. The smallest absolute Gasteiger partial charge is 0.337 e. The first-order chi connectivity index (χ1) is 18.5. The van der Waals surface area contributed by atoms with E-state index in [-0.39, 0.29) is 35.3 Å². The fourth-order valence-corrected chi connectivity index (χ4v) is 4.29. The summed E-state index contributed by atoms with van der Waals surface area (Å²) in [6.07, 6.45) is -0.0667. The van der Waals surface area contributed by atoms with Crippen LogP contribution < -0.4 is 10.6 Å². The zero-order chi connectivity index (χ0) is 28.9. The third kappa shape index (κ3) is 5.61. The van der Waals surface area contributed by atoms with Gasteiger partial charge in [0.2, 0.25) is 23.6 Å². The van der Waals surface area contributed by atoms with Crippen molar-refractivity contribution in [3.8, 4) is 0 Å². The molecule has 1 aliphatic heterocycles. The standard InChI is InChI=1S/C26H26N4O9/c1-3-26(4-2)23(37)29(13-19(31)27-17-11-7-5-9-15(17)21(33)34)25(39)30(24(26)38)14-20(32)28-18-12-8-6-10-16(18)22(35)36/h5-12H,3-4,13-14H2,1-2H3,(H,27,31)(H,28,32)(H,33,34)(H,35,36). The molecule has 0 radical (unpaired) electrons. The van der Waals surface area contributed by atoms with Gasteiger partial charge >= 0.3 is 18.0 Å². The molecule has 0 bridgehead atoms. The molecule has 0 aromatic heterocycles. The van der Waals surface area contributed by atoms with Crippen molar-refractivity contribution in [2.24, 2.45) is 5.41 Å². The van der Waals surface area contributed by atoms with E-state index in [2.05, 4.69) is 10.6 Å². The van der Waals surface area contributed by atoms with Crippen LogP contribution in [0.15, 0.2) is 48.5 Å². The Hall–Kier alpha value is -5.07. The van der Waals surface area contributed by atoms with Gasteiger partial charge in [0.15, 0.2) is 0 Å². The second-order valence-electron chi connectivity index (χ2n) is 8.65. The molecule has 1 heterocycles. The molecule has 2 aromatic carbocycles. The van der Waals surface area contributed by atoms with Gasteiger partial charge in [-0.3, -0.25) is 29.0 Å². The van der Waals surface area contributed by atoms with E-state index in [9.17, 15) is 43.8 Å². The summed E-state index contributed by atoms with van der Waals surface area (Å²) in [4.78, 5) is 89.5. The van der Waals surface area contributed by atoms with Crippen LogP contribution in [-0.2, 0) is 19.2 Å². The number of imide groups is 2. The van der Waals surface area contributed by atoms with Gasteiger partial charge in [0, 0.05) is 0 Å². The van der Waals surface area contributed by atoms with E-state index in [1.165, 1.54) is 48.5 Å². The quantitative estimate of drug-likeness (QED) is 0.329. The van der Waals surface area contributed by atoms with Crippen molar-refractivity contribution >= 4 is 53.0 Å². The van der Waals surface area contributed by atoms with E-state index in [1.54, 1.807) is 13.8 Å². The number of nitrogens with one attached hydrogen (secondary N) is 2. The van der Waals surface area contributed by atoms with Gasteiger partial charge in [0.05, 0.1) is 22.5 Å². The number of carboxylic acid groups (broad SMARTS) is 2. The number of rotatable bonds is 10. The van der Waals surface area contributed by atoms with Crippen molar-refractivity contribution < 1.29 is 43.8 Å². The maximum absolute atomic E-state index is 13.4. The van der Waals surface area contributed by atoms with Crippen LogP contribution in [0.1, 0.15) is 47.4 Å². The zero-order valence-electron chi connectivity index (χ0n) is 21.1. The number of carbonyl (C=O) groups is 7. The molecule has 13 nitrogen and oxygen atoms in total. The van der Waals surface area contributed by atoms with E-state index in [4.69, 9.17) is 0 Å².